The molecule has 19 heavy (non-hydrogen) atoms. The van der Waals surface area contributed by atoms with E-state index < -0.39 is 11.9 Å². The van der Waals surface area contributed by atoms with Gasteiger partial charge in [-0.3, -0.25) is 0 Å². The molecule has 0 aromatic carbocycles. The smallest absolute Gasteiger partial charge is 0.380 e. The van der Waals surface area contributed by atoms with Crippen molar-refractivity contribution in [1.29, 1.82) is 0 Å². The van der Waals surface area contributed by atoms with Gasteiger partial charge in [-0.05, 0) is 24.5 Å². The maximum atomic E-state index is 12.2. The van der Waals surface area contributed by atoms with Gasteiger partial charge in [-0.25, -0.2) is 0 Å². The molecule has 0 amide bonds. The van der Waals surface area contributed by atoms with Crippen molar-refractivity contribution in [2.45, 2.75) is 26.4 Å². The molecule has 0 spiro atoms. The van der Waals surface area contributed by atoms with E-state index in [1.165, 1.54) is 6.07 Å². The molecule has 0 aliphatic carbocycles. The lowest BCUT2D eigenvalue weighted by Crippen LogP contribution is -2.14. The van der Waals surface area contributed by atoms with Gasteiger partial charge < -0.3 is 10.1 Å². The summed E-state index contributed by atoms with van der Waals surface area (Å²) in [7, 11) is 0. The molecule has 0 atom stereocenters. The highest BCUT2D eigenvalue weighted by Gasteiger charge is 2.32. The zero-order valence-corrected chi connectivity index (χ0v) is 11.0. The van der Waals surface area contributed by atoms with Crippen molar-refractivity contribution >= 4 is 5.82 Å². The van der Waals surface area contributed by atoms with Gasteiger partial charge in [0.05, 0.1) is 6.61 Å². The molecule has 0 aliphatic heterocycles. The summed E-state index contributed by atoms with van der Waals surface area (Å²) in [6.45, 7) is 5.87. The van der Waals surface area contributed by atoms with Gasteiger partial charge >= 0.3 is 6.18 Å². The fraction of sp³-hybridized carbons (Fsp3) is 0.667. The number of rotatable bonds is 7. The second-order valence-corrected chi connectivity index (χ2v) is 4.52. The van der Waals surface area contributed by atoms with Gasteiger partial charge in [0.2, 0.25) is 0 Å². The van der Waals surface area contributed by atoms with Crippen LogP contribution in [0.1, 0.15) is 26.0 Å². The second kappa shape index (κ2) is 7.28. The van der Waals surface area contributed by atoms with Crippen molar-refractivity contribution in [2.75, 3.05) is 25.1 Å². The average Bonchev–Trinajstić information content (AvgIpc) is 2.32. The van der Waals surface area contributed by atoms with Gasteiger partial charge in [-0.1, -0.05) is 13.8 Å². The number of aromatic nitrogens is 2. The minimum atomic E-state index is -4.45. The van der Waals surface area contributed by atoms with E-state index in [2.05, 4.69) is 29.4 Å². The number of nitrogens with one attached hydrogen (secondary N) is 1. The first-order valence-electron chi connectivity index (χ1n) is 6.12. The molecule has 0 saturated heterocycles. The number of halogens is 3. The van der Waals surface area contributed by atoms with E-state index in [9.17, 15) is 13.2 Å². The van der Waals surface area contributed by atoms with Crippen LogP contribution in [0.2, 0.25) is 0 Å². The summed E-state index contributed by atoms with van der Waals surface area (Å²) >= 11 is 0. The van der Waals surface area contributed by atoms with Gasteiger partial charge in [-0.2, -0.15) is 13.2 Å². The Morgan fingerprint density at radius 2 is 1.95 bits per heavy atom. The molecule has 1 rings (SSSR count). The van der Waals surface area contributed by atoms with Crippen molar-refractivity contribution in [2.24, 2.45) is 5.92 Å². The zero-order chi connectivity index (χ0) is 14.3. The van der Waals surface area contributed by atoms with E-state index in [1.807, 2.05) is 0 Å². The number of hydrogen-bond acceptors (Lipinski definition) is 4. The molecular weight excluding hydrogens is 259 g/mol. The number of hydrogen-bond donors (Lipinski definition) is 1. The van der Waals surface area contributed by atoms with Crippen LogP contribution in [0.5, 0.6) is 0 Å². The van der Waals surface area contributed by atoms with E-state index in [0.29, 0.717) is 31.5 Å². The van der Waals surface area contributed by atoms with Crippen LogP contribution in [-0.4, -0.2) is 30.0 Å². The van der Waals surface area contributed by atoms with E-state index in [0.717, 1.165) is 12.5 Å². The van der Waals surface area contributed by atoms with Gasteiger partial charge in [0, 0.05) is 13.2 Å². The standard InChI is InChI=1S/C12H18F3N3O/c1-9(2)5-7-19-8-6-16-11-4-3-10(17-18-11)12(13,14)15/h3-4,9H,5-8H2,1-2H3,(H,16,18). The van der Waals surface area contributed by atoms with Crippen molar-refractivity contribution in [3.05, 3.63) is 17.8 Å². The molecule has 1 N–H and O–H groups in total. The van der Waals surface area contributed by atoms with Crippen molar-refractivity contribution in [3.63, 3.8) is 0 Å². The van der Waals surface area contributed by atoms with Gasteiger partial charge in [0.1, 0.15) is 5.82 Å². The Labute approximate surface area is 110 Å². The molecule has 4 nitrogen and oxygen atoms in total. The highest BCUT2D eigenvalue weighted by molar-refractivity contribution is 5.33. The largest absolute Gasteiger partial charge is 0.435 e. The Morgan fingerprint density at radius 3 is 2.47 bits per heavy atom. The predicted octanol–water partition coefficient (Wildman–Crippen LogP) is 2.97. The molecule has 0 unspecified atom stereocenters. The van der Waals surface area contributed by atoms with E-state index in [-0.39, 0.29) is 0 Å². The first-order valence-corrected chi connectivity index (χ1v) is 6.12. The van der Waals surface area contributed by atoms with Crippen LogP contribution < -0.4 is 5.32 Å². The normalized spacial score (nSPS) is 11.9. The third kappa shape index (κ3) is 6.37. The minimum Gasteiger partial charge on any atom is -0.380 e. The lowest BCUT2D eigenvalue weighted by molar-refractivity contribution is -0.141. The summed E-state index contributed by atoms with van der Waals surface area (Å²) in [5.74, 6) is 0.897. The van der Waals surface area contributed by atoms with E-state index in [4.69, 9.17) is 4.74 Å². The number of nitrogens with zero attached hydrogens (tertiary/aromatic N) is 2. The molecule has 1 aromatic rings. The molecule has 108 valence electrons. The second-order valence-electron chi connectivity index (χ2n) is 4.52. The summed E-state index contributed by atoms with van der Waals surface area (Å²) in [5.41, 5.74) is -0.994. The fourth-order valence-corrected chi connectivity index (χ4v) is 1.25. The first-order chi connectivity index (χ1) is 8.89. The van der Waals surface area contributed by atoms with Crippen LogP contribution in [0.3, 0.4) is 0 Å². The molecule has 0 aliphatic rings. The lowest BCUT2D eigenvalue weighted by Gasteiger charge is -2.08. The molecule has 0 fully saturated rings. The van der Waals surface area contributed by atoms with Gasteiger partial charge in [-0.15, -0.1) is 10.2 Å². The molecule has 0 bridgehead atoms. The van der Waals surface area contributed by atoms with Crippen LogP contribution >= 0.6 is 0 Å². The first kappa shape index (κ1) is 15.7. The lowest BCUT2D eigenvalue weighted by atomic mass is 10.1. The summed E-state index contributed by atoms with van der Waals surface area (Å²) in [4.78, 5) is 0. The number of anilines is 1. The van der Waals surface area contributed by atoms with Gasteiger partial charge in [0.25, 0.3) is 0 Å². The zero-order valence-electron chi connectivity index (χ0n) is 11.0. The Kier molecular flexibility index (Phi) is 6.01. The van der Waals surface area contributed by atoms with E-state index >= 15 is 0 Å². The Morgan fingerprint density at radius 1 is 1.21 bits per heavy atom. The highest BCUT2D eigenvalue weighted by atomic mass is 19.4. The van der Waals surface area contributed by atoms with Crippen LogP contribution in [0.25, 0.3) is 0 Å². The summed E-state index contributed by atoms with van der Waals surface area (Å²) < 4.78 is 42.1. The fourth-order valence-electron chi connectivity index (χ4n) is 1.25. The maximum Gasteiger partial charge on any atom is 0.435 e. The van der Waals surface area contributed by atoms with Gasteiger partial charge in [0.15, 0.2) is 5.69 Å². The number of alkyl halides is 3. The molecule has 0 saturated carbocycles. The van der Waals surface area contributed by atoms with Crippen molar-refractivity contribution in [3.8, 4) is 0 Å². The van der Waals surface area contributed by atoms with Crippen LogP contribution in [0.4, 0.5) is 19.0 Å². The van der Waals surface area contributed by atoms with Crippen molar-refractivity contribution in [1.82, 2.24) is 10.2 Å². The molecular formula is C12H18F3N3O. The molecule has 0 radical (unpaired) electrons. The number of ether oxygens (including phenoxy) is 1. The van der Waals surface area contributed by atoms with Crippen LogP contribution in [0.15, 0.2) is 12.1 Å². The topological polar surface area (TPSA) is 47.0 Å². The molecule has 1 aromatic heterocycles. The average molecular weight is 277 g/mol. The summed E-state index contributed by atoms with van der Waals surface area (Å²) in [6, 6.07) is 2.15. The Bertz CT molecular complexity index is 365. The third-order valence-corrected chi connectivity index (χ3v) is 2.35. The van der Waals surface area contributed by atoms with E-state index in [1.54, 1.807) is 0 Å². The summed E-state index contributed by atoms with van der Waals surface area (Å²) in [6.07, 6.45) is -3.47. The maximum absolute atomic E-state index is 12.2. The summed E-state index contributed by atoms with van der Waals surface area (Å²) in [5, 5.41) is 9.41. The molecule has 1 heterocycles. The Balaban J connectivity index is 2.23. The quantitative estimate of drug-likeness (QED) is 0.778. The Hall–Kier alpha value is -1.37. The minimum absolute atomic E-state index is 0.306. The van der Waals surface area contributed by atoms with Crippen LogP contribution in [-0.2, 0) is 10.9 Å². The highest BCUT2D eigenvalue weighted by Crippen LogP contribution is 2.26. The third-order valence-electron chi connectivity index (χ3n) is 2.35. The molecule has 7 heteroatoms. The SMILES string of the molecule is CC(C)CCOCCNc1ccc(C(F)(F)F)nn1. The monoisotopic (exact) mass is 277 g/mol. The van der Waals surface area contributed by atoms with Crippen molar-refractivity contribution < 1.29 is 17.9 Å². The van der Waals surface area contributed by atoms with Crippen LogP contribution in [0, 0.1) is 5.92 Å². The predicted molar refractivity (Wildman–Crippen MR) is 65.8 cm³/mol.